The van der Waals surface area contributed by atoms with Gasteiger partial charge in [-0.2, -0.15) is 0 Å². The van der Waals surface area contributed by atoms with Gasteiger partial charge in [-0.3, -0.25) is 14.9 Å². The van der Waals surface area contributed by atoms with Gasteiger partial charge >= 0.3 is 5.69 Å². The van der Waals surface area contributed by atoms with Crippen molar-refractivity contribution in [2.75, 3.05) is 11.9 Å². The summed E-state index contributed by atoms with van der Waals surface area (Å²) in [5.41, 5.74) is 2.35. The Labute approximate surface area is 140 Å². The number of nitrogens with one attached hydrogen (secondary N) is 1. The van der Waals surface area contributed by atoms with Crippen LogP contribution >= 0.6 is 0 Å². The monoisotopic (exact) mass is 328 g/mol. The number of rotatable bonds is 6. The van der Waals surface area contributed by atoms with E-state index in [1.807, 2.05) is 38.1 Å². The number of carbonyl (C=O) groups excluding carboxylic acids is 1. The van der Waals surface area contributed by atoms with Gasteiger partial charge in [-0.1, -0.05) is 38.1 Å². The van der Waals surface area contributed by atoms with Crippen molar-refractivity contribution in [2.45, 2.75) is 26.7 Å². The van der Waals surface area contributed by atoms with E-state index in [0.717, 1.165) is 16.8 Å². The summed E-state index contributed by atoms with van der Waals surface area (Å²) in [4.78, 5) is 22.6. The second-order valence-electron chi connectivity index (χ2n) is 5.81. The van der Waals surface area contributed by atoms with Gasteiger partial charge in [0.15, 0.2) is 12.4 Å². The molecule has 0 saturated carbocycles. The highest BCUT2D eigenvalue weighted by Crippen LogP contribution is 2.28. The van der Waals surface area contributed by atoms with Crippen LogP contribution < -0.4 is 10.1 Å². The van der Waals surface area contributed by atoms with Gasteiger partial charge in [-0.15, -0.1) is 0 Å². The molecule has 0 bridgehead atoms. The zero-order valence-electron chi connectivity index (χ0n) is 13.9. The number of carbonyl (C=O) groups is 1. The Kier molecular flexibility index (Phi) is 5.52. The Balaban J connectivity index is 2.06. The van der Waals surface area contributed by atoms with Crippen molar-refractivity contribution in [1.82, 2.24) is 0 Å². The maximum atomic E-state index is 12.1. The maximum absolute atomic E-state index is 12.1. The summed E-state index contributed by atoms with van der Waals surface area (Å²) in [5.74, 6) is -0.0172. The molecule has 2 rings (SSSR count). The fourth-order valence-electron chi connectivity index (χ4n) is 2.34. The van der Waals surface area contributed by atoms with Crippen LogP contribution in [0, 0.1) is 17.0 Å². The molecule has 2 aromatic carbocycles. The standard InChI is InChI=1S/C18H20N2O4/c1-12(2)14-6-4-5-7-15(14)19-18(21)11-24-17-9-8-13(3)10-16(17)20(22)23/h4-10,12H,11H2,1-3H3,(H,19,21). The topological polar surface area (TPSA) is 81.5 Å². The van der Waals surface area contributed by atoms with Gasteiger partial charge < -0.3 is 10.1 Å². The predicted octanol–water partition coefficient (Wildman–Crippen LogP) is 4.04. The van der Waals surface area contributed by atoms with Crippen molar-refractivity contribution in [3.05, 3.63) is 63.7 Å². The van der Waals surface area contributed by atoms with Crippen LogP contribution in [0.4, 0.5) is 11.4 Å². The third-order valence-electron chi connectivity index (χ3n) is 3.53. The lowest BCUT2D eigenvalue weighted by molar-refractivity contribution is -0.385. The molecule has 0 aliphatic carbocycles. The molecule has 0 atom stereocenters. The molecule has 1 amide bonds. The van der Waals surface area contributed by atoms with Crippen LogP contribution in [0.1, 0.15) is 30.9 Å². The summed E-state index contributed by atoms with van der Waals surface area (Å²) in [5, 5.41) is 13.8. The predicted molar refractivity (Wildman–Crippen MR) is 92.5 cm³/mol. The second kappa shape index (κ2) is 7.59. The number of aryl methyl sites for hydroxylation is 1. The van der Waals surface area contributed by atoms with Crippen LogP contribution in [0.2, 0.25) is 0 Å². The van der Waals surface area contributed by atoms with Crippen LogP contribution in [-0.4, -0.2) is 17.4 Å². The molecule has 0 aliphatic rings. The zero-order valence-corrected chi connectivity index (χ0v) is 13.9. The molecule has 6 heteroatoms. The third kappa shape index (κ3) is 4.32. The van der Waals surface area contributed by atoms with E-state index in [1.165, 1.54) is 12.1 Å². The van der Waals surface area contributed by atoms with Gasteiger partial charge in [0.1, 0.15) is 0 Å². The number of benzene rings is 2. The smallest absolute Gasteiger partial charge is 0.311 e. The van der Waals surface area contributed by atoms with Crippen LogP contribution in [0.15, 0.2) is 42.5 Å². The average Bonchev–Trinajstić information content (AvgIpc) is 2.53. The fraction of sp³-hybridized carbons (Fsp3) is 0.278. The van der Waals surface area contributed by atoms with Crippen molar-refractivity contribution in [1.29, 1.82) is 0 Å². The summed E-state index contributed by atoms with van der Waals surface area (Å²) in [6.45, 7) is 5.54. The minimum atomic E-state index is -0.520. The zero-order chi connectivity index (χ0) is 17.7. The van der Waals surface area contributed by atoms with E-state index in [1.54, 1.807) is 13.0 Å². The van der Waals surface area contributed by atoms with Crippen molar-refractivity contribution >= 4 is 17.3 Å². The molecule has 0 spiro atoms. The highest BCUT2D eigenvalue weighted by Gasteiger charge is 2.17. The lowest BCUT2D eigenvalue weighted by atomic mass is 10.0. The molecular formula is C18H20N2O4. The highest BCUT2D eigenvalue weighted by atomic mass is 16.6. The molecule has 0 aromatic heterocycles. The SMILES string of the molecule is Cc1ccc(OCC(=O)Nc2ccccc2C(C)C)c([N+](=O)[O-])c1. The highest BCUT2D eigenvalue weighted by molar-refractivity contribution is 5.92. The van der Waals surface area contributed by atoms with E-state index in [-0.39, 0.29) is 29.9 Å². The molecule has 0 unspecified atom stereocenters. The number of para-hydroxylation sites is 1. The maximum Gasteiger partial charge on any atom is 0.311 e. The fourth-order valence-corrected chi connectivity index (χ4v) is 2.34. The number of anilines is 1. The summed E-state index contributed by atoms with van der Waals surface area (Å²) >= 11 is 0. The summed E-state index contributed by atoms with van der Waals surface area (Å²) in [6.07, 6.45) is 0. The first kappa shape index (κ1) is 17.5. The average molecular weight is 328 g/mol. The Morgan fingerprint density at radius 1 is 1.25 bits per heavy atom. The third-order valence-corrected chi connectivity index (χ3v) is 3.53. The molecule has 0 aliphatic heterocycles. The summed E-state index contributed by atoms with van der Waals surface area (Å²) in [6, 6.07) is 12.1. The van der Waals surface area contributed by atoms with E-state index < -0.39 is 4.92 Å². The number of ether oxygens (including phenoxy) is 1. The first-order chi connectivity index (χ1) is 11.4. The number of nitro groups is 1. The second-order valence-corrected chi connectivity index (χ2v) is 5.81. The Hall–Kier alpha value is -2.89. The normalized spacial score (nSPS) is 10.5. The quantitative estimate of drug-likeness (QED) is 0.641. The van der Waals surface area contributed by atoms with E-state index in [2.05, 4.69) is 5.32 Å². The molecule has 0 fully saturated rings. The van der Waals surface area contributed by atoms with Gasteiger partial charge in [0, 0.05) is 11.8 Å². The Morgan fingerprint density at radius 3 is 2.62 bits per heavy atom. The van der Waals surface area contributed by atoms with Gasteiger partial charge in [0.2, 0.25) is 0 Å². The lowest BCUT2D eigenvalue weighted by Crippen LogP contribution is -2.21. The largest absolute Gasteiger partial charge is 0.477 e. The van der Waals surface area contributed by atoms with Crippen molar-refractivity contribution in [2.24, 2.45) is 0 Å². The molecule has 0 radical (unpaired) electrons. The molecule has 24 heavy (non-hydrogen) atoms. The number of hydrogen-bond donors (Lipinski definition) is 1. The van der Waals surface area contributed by atoms with Crippen molar-refractivity contribution in [3.63, 3.8) is 0 Å². The number of hydrogen-bond acceptors (Lipinski definition) is 4. The molecule has 6 nitrogen and oxygen atoms in total. The summed E-state index contributed by atoms with van der Waals surface area (Å²) in [7, 11) is 0. The Morgan fingerprint density at radius 2 is 1.96 bits per heavy atom. The molecule has 126 valence electrons. The number of nitrogens with zero attached hydrogens (tertiary/aromatic N) is 1. The van der Waals surface area contributed by atoms with Crippen molar-refractivity contribution < 1.29 is 14.5 Å². The number of nitro benzene ring substituents is 1. The van der Waals surface area contributed by atoms with Crippen LogP contribution in [0.3, 0.4) is 0 Å². The minimum Gasteiger partial charge on any atom is -0.477 e. The van der Waals surface area contributed by atoms with E-state index in [4.69, 9.17) is 4.74 Å². The number of amides is 1. The van der Waals surface area contributed by atoms with Crippen molar-refractivity contribution in [3.8, 4) is 5.75 Å². The van der Waals surface area contributed by atoms with Gasteiger partial charge in [-0.05, 0) is 36.1 Å². The van der Waals surface area contributed by atoms with Gasteiger partial charge in [0.25, 0.3) is 5.91 Å². The van der Waals surface area contributed by atoms with Gasteiger partial charge in [0.05, 0.1) is 4.92 Å². The summed E-state index contributed by atoms with van der Waals surface area (Å²) < 4.78 is 5.33. The molecular weight excluding hydrogens is 308 g/mol. The molecule has 0 saturated heterocycles. The Bertz CT molecular complexity index is 756. The van der Waals surface area contributed by atoms with E-state index in [9.17, 15) is 14.9 Å². The van der Waals surface area contributed by atoms with Crippen LogP contribution in [-0.2, 0) is 4.79 Å². The van der Waals surface area contributed by atoms with Crippen LogP contribution in [0.5, 0.6) is 5.75 Å². The molecule has 2 aromatic rings. The molecule has 0 heterocycles. The van der Waals surface area contributed by atoms with Gasteiger partial charge in [-0.25, -0.2) is 0 Å². The first-order valence-corrected chi connectivity index (χ1v) is 7.65. The molecule has 1 N–H and O–H groups in total. The minimum absolute atomic E-state index is 0.0814. The first-order valence-electron chi connectivity index (χ1n) is 7.65. The van der Waals surface area contributed by atoms with E-state index in [0.29, 0.717) is 0 Å². The van der Waals surface area contributed by atoms with Crippen LogP contribution in [0.25, 0.3) is 0 Å². The van der Waals surface area contributed by atoms with E-state index >= 15 is 0 Å². The lowest BCUT2D eigenvalue weighted by Gasteiger charge is -2.14.